The van der Waals surface area contributed by atoms with E-state index in [0.717, 1.165) is 51.5 Å². The number of nitrogens with one attached hydrogen (secondary N) is 1. The Hall–Kier alpha value is -1.06. The van der Waals surface area contributed by atoms with E-state index in [-0.39, 0.29) is 0 Å². The summed E-state index contributed by atoms with van der Waals surface area (Å²) in [7, 11) is 0. The Morgan fingerprint density at radius 2 is 1.60 bits per heavy atom. The van der Waals surface area contributed by atoms with Crippen LogP contribution in [0.25, 0.3) is 0 Å². The predicted molar refractivity (Wildman–Crippen MR) is 84.3 cm³/mol. The topological polar surface area (TPSA) is 30.5 Å². The maximum atomic E-state index is 5.64. The van der Waals surface area contributed by atoms with Gasteiger partial charge in [0.2, 0.25) is 0 Å². The van der Waals surface area contributed by atoms with Crippen LogP contribution in [-0.2, 0) is 11.3 Å². The van der Waals surface area contributed by atoms with Gasteiger partial charge >= 0.3 is 0 Å². The molecule has 114 valence electrons. The minimum absolute atomic E-state index is 0.790. The van der Waals surface area contributed by atoms with Gasteiger partial charge in [0, 0.05) is 19.7 Å². The highest BCUT2D eigenvalue weighted by Gasteiger charge is 1.96. The third kappa shape index (κ3) is 8.18. The van der Waals surface area contributed by atoms with Gasteiger partial charge < -0.3 is 14.8 Å². The van der Waals surface area contributed by atoms with Crippen molar-refractivity contribution in [2.75, 3.05) is 26.4 Å². The Balaban J connectivity index is 2.08. The maximum absolute atomic E-state index is 5.64. The zero-order chi connectivity index (χ0) is 14.5. The summed E-state index contributed by atoms with van der Waals surface area (Å²) in [6.45, 7) is 8.61. The summed E-state index contributed by atoms with van der Waals surface area (Å²) in [6.07, 6.45) is 4.63. The van der Waals surface area contributed by atoms with Crippen molar-refractivity contribution < 1.29 is 9.47 Å². The zero-order valence-electron chi connectivity index (χ0n) is 13.0. The maximum Gasteiger partial charge on any atom is 0.119 e. The molecule has 0 amide bonds. The molecule has 0 heterocycles. The molecule has 0 atom stereocenters. The van der Waals surface area contributed by atoms with Gasteiger partial charge in [0.25, 0.3) is 0 Å². The van der Waals surface area contributed by atoms with Crippen LogP contribution in [0.15, 0.2) is 24.3 Å². The minimum atomic E-state index is 0.790. The van der Waals surface area contributed by atoms with Gasteiger partial charge in [0.15, 0.2) is 0 Å². The van der Waals surface area contributed by atoms with E-state index >= 15 is 0 Å². The summed E-state index contributed by atoms with van der Waals surface area (Å²) < 4.78 is 11.1. The van der Waals surface area contributed by atoms with Crippen molar-refractivity contribution in [1.82, 2.24) is 5.32 Å². The number of ether oxygens (including phenoxy) is 2. The van der Waals surface area contributed by atoms with Crippen LogP contribution in [0.5, 0.6) is 5.75 Å². The largest absolute Gasteiger partial charge is 0.494 e. The van der Waals surface area contributed by atoms with Gasteiger partial charge in [-0.2, -0.15) is 0 Å². The lowest BCUT2D eigenvalue weighted by Gasteiger charge is -2.08. The quantitative estimate of drug-likeness (QED) is 0.591. The normalized spacial score (nSPS) is 10.7. The lowest BCUT2D eigenvalue weighted by atomic mass is 10.2. The number of unbranched alkanes of at least 4 members (excludes halogenated alkanes) is 2. The zero-order valence-corrected chi connectivity index (χ0v) is 13.0. The molecule has 0 unspecified atom stereocenters. The van der Waals surface area contributed by atoms with Crippen LogP contribution >= 0.6 is 0 Å². The van der Waals surface area contributed by atoms with Crippen molar-refractivity contribution in [1.29, 1.82) is 0 Å². The van der Waals surface area contributed by atoms with Crippen LogP contribution in [-0.4, -0.2) is 26.4 Å². The van der Waals surface area contributed by atoms with Gasteiger partial charge in [0.1, 0.15) is 5.75 Å². The Kier molecular flexibility index (Phi) is 9.98. The molecule has 1 rings (SSSR count). The van der Waals surface area contributed by atoms with Crippen LogP contribution < -0.4 is 10.1 Å². The molecule has 0 aliphatic heterocycles. The number of benzene rings is 1. The van der Waals surface area contributed by atoms with Crippen LogP contribution in [0.2, 0.25) is 0 Å². The highest BCUT2D eigenvalue weighted by molar-refractivity contribution is 5.27. The first-order valence-corrected chi connectivity index (χ1v) is 7.87. The van der Waals surface area contributed by atoms with Gasteiger partial charge in [-0.1, -0.05) is 38.8 Å². The smallest absolute Gasteiger partial charge is 0.119 e. The second kappa shape index (κ2) is 11.7. The van der Waals surface area contributed by atoms with Crippen molar-refractivity contribution >= 4 is 0 Å². The SMILES string of the molecule is CCCCOCCNCc1ccc(OCCCC)cc1. The molecule has 0 aliphatic carbocycles. The van der Waals surface area contributed by atoms with Crippen molar-refractivity contribution in [2.45, 2.75) is 46.1 Å². The first kappa shape index (κ1) is 17.0. The predicted octanol–water partition coefficient (Wildman–Crippen LogP) is 3.77. The lowest BCUT2D eigenvalue weighted by Crippen LogP contribution is -2.19. The lowest BCUT2D eigenvalue weighted by molar-refractivity contribution is 0.133. The van der Waals surface area contributed by atoms with E-state index < -0.39 is 0 Å². The molecule has 0 fully saturated rings. The van der Waals surface area contributed by atoms with Crippen molar-refractivity contribution in [3.05, 3.63) is 29.8 Å². The van der Waals surface area contributed by atoms with Gasteiger partial charge in [-0.3, -0.25) is 0 Å². The fraction of sp³-hybridized carbons (Fsp3) is 0.647. The third-order valence-electron chi connectivity index (χ3n) is 3.08. The van der Waals surface area contributed by atoms with E-state index in [2.05, 4.69) is 31.3 Å². The molecule has 0 spiro atoms. The molecule has 0 aliphatic rings. The first-order valence-electron chi connectivity index (χ1n) is 7.87. The Morgan fingerprint density at radius 3 is 2.30 bits per heavy atom. The number of rotatable bonds is 12. The summed E-state index contributed by atoms with van der Waals surface area (Å²) in [5, 5.41) is 3.38. The molecule has 0 aromatic heterocycles. The van der Waals surface area contributed by atoms with E-state index in [4.69, 9.17) is 9.47 Å². The monoisotopic (exact) mass is 279 g/mol. The fourth-order valence-electron chi connectivity index (χ4n) is 1.76. The van der Waals surface area contributed by atoms with Gasteiger partial charge in [-0.25, -0.2) is 0 Å². The van der Waals surface area contributed by atoms with E-state index in [1.807, 2.05) is 12.1 Å². The van der Waals surface area contributed by atoms with E-state index in [1.165, 1.54) is 18.4 Å². The second-order valence-corrected chi connectivity index (χ2v) is 4.99. The molecule has 0 radical (unpaired) electrons. The van der Waals surface area contributed by atoms with E-state index in [0.29, 0.717) is 0 Å². The Morgan fingerprint density at radius 1 is 0.900 bits per heavy atom. The van der Waals surface area contributed by atoms with Crippen LogP contribution in [0.3, 0.4) is 0 Å². The molecule has 1 aromatic carbocycles. The summed E-state index contributed by atoms with van der Waals surface area (Å²) in [4.78, 5) is 0. The second-order valence-electron chi connectivity index (χ2n) is 4.99. The van der Waals surface area contributed by atoms with Gasteiger partial charge in [0.05, 0.1) is 13.2 Å². The molecule has 1 aromatic rings. The first-order chi connectivity index (χ1) is 9.86. The fourth-order valence-corrected chi connectivity index (χ4v) is 1.76. The summed E-state index contributed by atoms with van der Waals surface area (Å²) >= 11 is 0. The van der Waals surface area contributed by atoms with Crippen molar-refractivity contribution in [2.24, 2.45) is 0 Å². The molecule has 3 nitrogen and oxygen atoms in total. The van der Waals surface area contributed by atoms with Gasteiger partial charge in [-0.05, 0) is 30.5 Å². The molecule has 0 bridgehead atoms. The minimum Gasteiger partial charge on any atom is -0.494 e. The average Bonchev–Trinajstić information content (AvgIpc) is 2.48. The summed E-state index contributed by atoms with van der Waals surface area (Å²) in [6, 6.07) is 8.33. The highest BCUT2D eigenvalue weighted by atomic mass is 16.5. The van der Waals surface area contributed by atoms with Gasteiger partial charge in [-0.15, -0.1) is 0 Å². The molecule has 3 heteroatoms. The summed E-state index contributed by atoms with van der Waals surface area (Å²) in [5.41, 5.74) is 1.28. The van der Waals surface area contributed by atoms with E-state index in [9.17, 15) is 0 Å². The Bertz CT molecular complexity index is 324. The molecule has 20 heavy (non-hydrogen) atoms. The van der Waals surface area contributed by atoms with Crippen LogP contribution in [0, 0.1) is 0 Å². The van der Waals surface area contributed by atoms with Crippen molar-refractivity contribution in [3.8, 4) is 5.75 Å². The van der Waals surface area contributed by atoms with Crippen LogP contribution in [0.4, 0.5) is 0 Å². The van der Waals surface area contributed by atoms with E-state index in [1.54, 1.807) is 0 Å². The standard InChI is InChI=1S/C17H29NO2/c1-3-5-12-19-14-11-18-15-16-7-9-17(10-8-16)20-13-6-4-2/h7-10,18H,3-6,11-15H2,1-2H3. The third-order valence-corrected chi connectivity index (χ3v) is 3.08. The number of hydrogen-bond acceptors (Lipinski definition) is 3. The molecule has 1 N–H and O–H groups in total. The molecule has 0 saturated carbocycles. The van der Waals surface area contributed by atoms with Crippen molar-refractivity contribution in [3.63, 3.8) is 0 Å². The molecular formula is C17H29NO2. The van der Waals surface area contributed by atoms with Crippen LogP contribution in [0.1, 0.15) is 45.1 Å². The average molecular weight is 279 g/mol. The summed E-state index contributed by atoms with van der Waals surface area (Å²) in [5.74, 6) is 0.963. The molecule has 0 saturated heterocycles. The Labute approximate surface area is 123 Å². The number of hydrogen-bond donors (Lipinski definition) is 1. The highest BCUT2D eigenvalue weighted by Crippen LogP contribution is 2.12. The molecular weight excluding hydrogens is 250 g/mol.